The molecule has 0 aliphatic carbocycles. The van der Waals surface area contributed by atoms with Crippen molar-refractivity contribution >= 4 is 5.57 Å². The SMILES string of the molecule is C1=C(c2ccc(-c3ncccn3)cc2)CCNC1. The summed E-state index contributed by atoms with van der Waals surface area (Å²) in [6.45, 7) is 2.04. The number of aromatic nitrogens is 2. The third-order valence-electron chi connectivity index (χ3n) is 3.14. The molecule has 0 spiro atoms. The van der Waals surface area contributed by atoms with E-state index in [1.165, 1.54) is 11.1 Å². The molecule has 2 heterocycles. The van der Waals surface area contributed by atoms with Gasteiger partial charge in [-0.25, -0.2) is 9.97 Å². The summed E-state index contributed by atoms with van der Waals surface area (Å²) in [7, 11) is 0. The van der Waals surface area contributed by atoms with Crippen LogP contribution in [0.15, 0.2) is 48.8 Å². The Morgan fingerprint density at radius 2 is 1.67 bits per heavy atom. The largest absolute Gasteiger partial charge is 0.313 e. The van der Waals surface area contributed by atoms with E-state index in [0.717, 1.165) is 30.9 Å². The van der Waals surface area contributed by atoms with Crippen molar-refractivity contribution < 1.29 is 0 Å². The van der Waals surface area contributed by atoms with E-state index < -0.39 is 0 Å². The van der Waals surface area contributed by atoms with Crippen LogP contribution in [0.1, 0.15) is 12.0 Å². The van der Waals surface area contributed by atoms with E-state index in [4.69, 9.17) is 0 Å². The lowest BCUT2D eigenvalue weighted by atomic mass is 9.99. The summed E-state index contributed by atoms with van der Waals surface area (Å²) in [5, 5.41) is 3.33. The van der Waals surface area contributed by atoms with Crippen LogP contribution in [-0.2, 0) is 0 Å². The molecule has 0 unspecified atom stereocenters. The molecule has 0 saturated carbocycles. The predicted molar refractivity (Wildman–Crippen MR) is 72.9 cm³/mol. The lowest BCUT2D eigenvalue weighted by Crippen LogP contribution is -2.19. The minimum atomic E-state index is 0.781. The number of benzene rings is 1. The van der Waals surface area contributed by atoms with Crippen molar-refractivity contribution in [3.63, 3.8) is 0 Å². The van der Waals surface area contributed by atoms with Crippen LogP contribution in [0.5, 0.6) is 0 Å². The topological polar surface area (TPSA) is 37.8 Å². The molecule has 3 rings (SSSR count). The molecule has 0 saturated heterocycles. The Kier molecular flexibility index (Phi) is 3.15. The van der Waals surface area contributed by atoms with Gasteiger partial charge >= 0.3 is 0 Å². The van der Waals surface area contributed by atoms with Crippen LogP contribution in [0.2, 0.25) is 0 Å². The monoisotopic (exact) mass is 237 g/mol. The van der Waals surface area contributed by atoms with Crippen molar-refractivity contribution in [1.29, 1.82) is 0 Å². The highest BCUT2D eigenvalue weighted by Gasteiger charge is 2.06. The maximum atomic E-state index is 4.26. The molecule has 1 aliphatic rings. The first-order chi connectivity index (χ1) is 8.93. The smallest absolute Gasteiger partial charge is 0.159 e. The van der Waals surface area contributed by atoms with Crippen LogP contribution in [0.3, 0.4) is 0 Å². The van der Waals surface area contributed by atoms with Crippen LogP contribution < -0.4 is 5.32 Å². The van der Waals surface area contributed by atoms with Gasteiger partial charge in [0.2, 0.25) is 0 Å². The Labute approximate surface area is 107 Å². The lowest BCUT2D eigenvalue weighted by molar-refractivity contribution is 0.738. The number of rotatable bonds is 2. The first-order valence-corrected chi connectivity index (χ1v) is 6.21. The minimum absolute atomic E-state index is 0.781. The number of hydrogen-bond donors (Lipinski definition) is 1. The van der Waals surface area contributed by atoms with E-state index in [1.54, 1.807) is 12.4 Å². The number of nitrogens with one attached hydrogen (secondary N) is 1. The zero-order valence-corrected chi connectivity index (χ0v) is 10.1. The van der Waals surface area contributed by atoms with Gasteiger partial charge in [0, 0.05) is 24.5 Å². The van der Waals surface area contributed by atoms with Crippen LogP contribution in [0.4, 0.5) is 0 Å². The van der Waals surface area contributed by atoms with E-state index in [0.29, 0.717) is 0 Å². The summed E-state index contributed by atoms with van der Waals surface area (Å²) in [6, 6.07) is 10.3. The molecule has 0 amide bonds. The van der Waals surface area contributed by atoms with Crippen LogP contribution in [-0.4, -0.2) is 23.1 Å². The highest BCUT2D eigenvalue weighted by molar-refractivity contribution is 5.69. The van der Waals surface area contributed by atoms with Gasteiger partial charge in [-0.3, -0.25) is 0 Å². The molecule has 0 fully saturated rings. The van der Waals surface area contributed by atoms with Crippen molar-refractivity contribution in [3.05, 3.63) is 54.4 Å². The lowest BCUT2D eigenvalue weighted by Gasteiger charge is -2.14. The average molecular weight is 237 g/mol. The van der Waals surface area contributed by atoms with Gasteiger partial charge in [-0.15, -0.1) is 0 Å². The van der Waals surface area contributed by atoms with Gasteiger partial charge in [-0.05, 0) is 30.2 Å². The zero-order chi connectivity index (χ0) is 12.2. The third kappa shape index (κ3) is 2.31. The molecule has 0 bridgehead atoms. The molecule has 0 atom stereocenters. The Bertz CT molecular complexity index is 544. The van der Waals surface area contributed by atoms with E-state index in [-0.39, 0.29) is 0 Å². The molecule has 90 valence electrons. The van der Waals surface area contributed by atoms with Gasteiger partial charge in [0.25, 0.3) is 0 Å². The fourth-order valence-electron chi connectivity index (χ4n) is 2.17. The van der Waals surface area contributed by atoms with Crippen molar-refractivity contribution in [2.45, 2.75) is 6.42 Å². The summed E-state index contributed by atoms with van der Waals surface area (Å²) >= 11 is 0. The maximum absolute atomic E-state index is 4.26. The molecular weight excluding hydrogens is 222 g/mol. The van der Waals surface area contributed by atoms with Crippen molar-refractivity contribution in [2.75, 3.05) is 13.1 Å². The van der Waals surface area contributed by atoms with E-state index in [2.05, 4.69) is 45.6 Å². The second kappa shape index (κ2) is 5.10. The van der Waals surface area contributed by atoms with Gasteiger partial charge in [0.05, 0.1) is 0 Å². The molecule has 1 aromatic heterocycles. The summed E-state index contributed by atoms with van der Waals surface area (Å²) in [5.41, 5.74) is 3.79. The fraction of sp³-hybridized carbons (Fsp3) is 0.200. The quantitative estimate of drug-likeness (QED) is 0.872. The second-order valence-electron chi connectivity index (χ2n) is 4.33. The van der Waals surface area contributed by atoms with Crippen LogP contribution in [0, 0.1) is 0 Å². The normalized spacial score (nSPS) is 15.2. The summed E-state index contributed by atoms with van der Waals surface area (Å²) in [5.74, 6) is 0.781. The number of nitrogens with zero attached hydrogens (tertiary/aromatic N) is 2. The Balaban J connectivity index is 1.87. The van der Waals surface area contributed by atoms with Gasteiger partial charge in [-0.2, -0.15) is 0 Å². The third-order valence-corrected chi connectivity index (χ3v) is 3.14. The minimum Gasteiger partial charge on any atom is -0.313 e. The maximum Gasteiger partial charge on any atom is 0.159 e. The molecule has 3 heteroatoms. The molecule has 18 heavy (non-hydrogen) atoms. The summed E-state index contributed by atoms with van der Waals surface area (Å²) < 4.78 is 0. The molecule has 1 N–H and O–H groups in total. The highest BCUT2D eigenvalue weighted by Crippen LogP contribution is 2.22. The molecule has 1 aliphatic heterocycles. The van der Waals surface area contributed by atoms with Gasteiger partial charge < -0.3 is 5.32 Å². The summed E-state index contributed by atoms with van der Waals surface area (Å²) in [4.78, 5) is 8.51. The predicted octanol–water partition coefficient (Wildman–Crippen LogP) is 2.52. The average Bonchev–Trinajstić information content (AvgIpc) is 2.49. The van der Waals surface area contributed by atoms with Crippen molar-refractivity contribution in [1.82, 2.24) is 15.3 Å². The molecule has 3 nitrogen and oxygen atoms in total. The summed E-state index contributed by atoms with van der Waals surface area (Å²) in [6.07, 6.45) is 6.90. The zero-order valence-electron chi connectivity index (χ0n) is 10.1. The van der Waals surface area contributed by atoms with Crippen LogP contribution in [0.25, 0.3) is 17.0 Å². The van der Waals surface area contributed by atoms with Gasteiger partial charge in [0.1, 0.15) is 0 Å². The van der Waals surface area contributed by atoms with Crippen LogP contribution >= 0.6 is 0 Å². The van der Waals surface area contributed by atoms with Gasteiger partial charge in [-0.1, -0.05) is 30.3 Å². The first-order valence-electron chi connectivity index (χ1n) is 6.21. The first kappa shape index (κ1) is 11.1. The van der Waals surface area contributed by atoms with E-state index in [9.17, 15) is 0 Å². The Hall–Kier alpha value is -2.00. The van der Waals surface area contributed by atoms with Gasteiger partial charge in [0.15, 0.2) is 5.82 Å². The standard InChI is InChI=1S/C15H15N3/c1-8-17-15(18-9-1)14-4-2-12(3-5-14)13-6-10-16-11-7-13/h1-6,8-9,16H,7,10-11H2. The van der Waals surface area contributed by atoms with Crippen molar-refractivity contribution in [2.24, 2.45) is 0 Å². The molecular formula is C15H15N3. The second-order valence-corrected chi connectivity index (χ2v) is 4.33. The molecule has 0 radical (unpaired) electrons. The Morgan fingerprint density at radius 1 is 0.944 bits per heavy atom. The van der Waals surface area contributed by atoms with Crippen molar-refractivity contribution in [3.8, 4) is 11.4 Å². The number of hydrogen-bond acceptors (Lipinski definition) is 3. The highest BCUT2D eigenvalue weighted by atomic mass is 14.9. The van der Waals surface area contributed by atoms with E-state index >= 15 is 0 Å². The molecule has 2 aromatic rings. The molecule has 1 aromatic carbocycles. The van der Waals surface area contributed by atoms with E-state index in [1.807, 2.05) is 6.07 Å². The Morgan fingerprint density at radius 3 is 2.33 bits per heavy atom. The fourth-order valence-corrected chi connectivity index (χ4v) is 2.17.